The Morgan fingerprint density at radius 3 is 2.67 bits per heavy atom. The van der Waals surface area contributed by atoms with Crippen molar-refractivity contribution in [2.24, 2.45) is 0 Å². The van der Waals surface area contributed by atoms with Gasteiger partial charge < -0.3 is 29.7 Å². The number of aromatic nitrogens is 7. The lowest BCUT2D eigenvalue weighted by Crippen LogP contribution is -2.29. The average Bonchev–Trinajstić information content (AvgIpc) is 3.71. The summed E-state index contributed by atoms with van der Waals surface area (Å²) >= 11 is 4.14. The number of fused-ring (bicyclic) bond motifs is 5. The molecular weight excluding hydrogens is 634 g/mol. The predicted octanol–water partition coefficient (Wildman–Crippen LogP) is 0.970. The van der Waals surface area contributed by atoms with Gasteiger partial charge in [-0.05, 0) is 6.07 Å². The minimum absolute atomic E-state index is 0.0230. The van der Waals surface area contributed by atoms with E-state index >= 15 is 0 Å². The highest BCUT2D eigenvalue weighted by Gasteiger charge is 2.47. The van der Waals surface area contributed by atoms with Crippen molar-refractivity contribution >= 4 is 55.0 Å². The Morgan fingerprint density at radius 2 is 1.84 bits per heavy atom. The highest BCUT2D eigenvalue weighted by atomic mass is 32.7. The molecule has 43 heavy (non-hydrogen) atoms. The van der Waals surface area contributed by atoms with Gasteiger partial charge in [-0.1, -0.05) is 12.2 Å². The van der Waals surface area contributed by atoms with E-state index in [0.29, 0.717) is 11.0 Å². The molecule has 0 saturated carbocycles. The van der Waals surface area contributed by atoms with Crippen LogP contribution in [0, 0.1) is 0 Å². The van der Waals surface area contributed by atoms with E-state index in [0.717, 1.165) is 0 Å². The molecule has 5 N–H and O–H groups in total. The zero-order chi connectivity index (χ0) is 30.1. The van der Waals surface area contributed by atoms with Gasteiger partial charge in [0.15, 0.2) is 17.4 Å². The summed E-state index contributed by atoms with van der Waals surface area (Å²) in [4.78, 5) is 52.2. The molecule has 0 aliphatic carbocycles. The number of nitrogen functional groups attached to an aromatic ring is 1. The molecule has 2 unspecified atom stereocenters. The lowest BCUT2D eigenvalue weighted by atomic mass is 10.2. The number of nitrogens with two attached hydrogens (primary N) is 1. The maximum absolute atomic E-state index is 13.4. The van der Waals surface area contributed by atoms with E-state index in [1.807, 2.05) is 0 Å². The van der Waals surface area contributed by atoms with Gasteiger partial charge in [0, 0.05) is 19.0 Å². The van der Waals surface area contributed by atoms with E-state index in [1.54, 1.807) is 16.8 Å². The topological polar surface area (TPSA) is 250 Å². The zero-order valence-corrected chi connectivity index (χ0v) is 24.5. The molecule has 7 rings (SSSR count). The molecule has 8 atom stereocenters. The van der Waals surface area contributed by atoms with Gasteiger partial charge in [-0.3, -0.25) is 37.2 Å². The highest BCUT2D eigenvalue weighted by Crippen LogP contribution is 2.58. The summed E-state index contributed by atoms with van der Waals surface area (Å²) < 4.78 is 63.6. The van der Waals surface area contributed by atoms with Crippen LogP contribution in [0.4, 0.5) is 5.95 Å². The average molecular weight is 658 g/mol. The summed E-state index contributed by atoms with van der Waals surface area (Å²) in [6.45, 7) is -4.96. The summed E-state index contributed by atoms with van der Waals surface area (Å²) in [5.41, 5.74) is 5.13. The maximum Gasteiger partial charge on any atom is 0.472 e. The van der Waals surface area contributed by atoms with Gasteiger partial charge in [0.05, 0.1) is 37.4 Å². The van der Waals surface area contributed by atoms with Crippen molar-refractivity contribution in [3.8, 4) is 0 Å². The molecule has 4 aromatic rings. The van der Waals surface area contributed by atoms with Crippen LogP contribution in [0.1, 0.15) is 25.3 Å². The number of rotatable bonds is 2. The number of imidazole rings is 1. The SMILES string of the molecule is Nc1nc2c(ncn2[C@@H]2O[C@@H]3COP(=O)(O)O[C@H]4C[C@H](n5ccc6c(=O)[nH]cnc65)O[C@@H]4COP(=O)(S)O[C@@H]2C3)c(=O)[nH]1. The van der Waals surface area contributed by atoms with Crippen LogP contribution in [0.2, 0.25) is 0 Å². The third-order valence-electron chi connectivity index (χ3n) is 7.24. The standard InChI is InChI=1S/C21H24N8O11P2S/c22-21-26-17-15(19(31)27-21)25-8-29(17)20-12-3-9(37-20)5-35-41(32,33)39-11-4-14(38-13(11)6-36-42(34,43)40-12)28-2-1-10-16(28)23-7-24-18(10)30/h1-2,7-9,11-14,20H,3-6H2,(H,32,33)(H,34,43)(H,23,24,30)(H3,22,26,27,31)/t9-,11-,12+,13+,14+,20+,42?/m0/s1. The largest absolute Gasteiger partial charge is 0.472 e. The second-order valence-corrected chi connectivity index (χ2v) is 14.3. The van der Waals surface area contributed by atoms with E-state index in [4.69, 9.17) is 33.3 Å². The number of thiol groups is 1. The van der Waals surface area contributed by atoms with E-state index < -0.39 is 70.3 Å². The molecule has 3 aliphatic rings. The van der Waals surface area contributed by atoms with Gasteiger partial charge in [-0.15, -0.1) is 0 Å². The van der Waals surface area contributed by atoms with Crippen LogP contribution < -0.4 is 16.9 Å². The fourth-order valence-electron chi connectivity index (χ4n) is 5.39. The third kappa shape index (κ3) is 5.48. The third-order valence-corrected chi connectivity index (χ3v) is 9.89. The van der Waals surface area contributed by atoms with Crippen LogP contribution in [0.25, 0.3) is 22.2 Å². The number of phosphoric acid groups is 1. The summed E-state index contributed by atoms with van der Waals surface area (Å²) in [5, 5.41) is 0.313. The van der Waals surface area contributed by atoms with Gasteiger partial charge in [0.1, 0.15) is 30.2 Å². The Bertz CT molecular complexity index is 1930. The van der Waals surface area contributed by atoms with Gasteiger partial charge >= 0.3 is 14.6 Å². The number of H-pyrrole nitrogens is 2. The molecule has 4 aromatic heterocycles. The predicted molar refractivity (Wildman–Crippen MR) is 148 cm³/mol. The van der Waals surface area contributed by atoms with Crippen LogP contribution in [0.5, 0.6) is 0 Å². The fraction of sp³-hybridized carbons (Fsp3) is 0.476. The molecule has 3 aliphatic heterocycles. The minimum atomic E-state index is -4.70. The Hall–Kier alpha value is -2.90. The lowest BCUT2D eigenvalue weighted by molar-refractivity contribution is -0.0605. The Kier molecular flexibility index (Phi) is 7.13. The number of phosphoric ester groups is 1. The molecule has 19 nitrogen and oxygen atoms in total. The first-order chi connectivity index (χ1) is 20.5. The fourth-order valence-corrected chi connectivity index (χ4v) is 7.86. The van der Waals surface area contributed by atoms with Crippen LogP contribution in [-0.2, 0) is 36.7 Å². The number of aromatic amines is 2. The quantitative estimate of drug-likeness (QED) is 0.149. The Morgan fingerprint density at radius 1 is 1.00 bits per heavy atom. The minimum Gasteiger partial charge on any atom is -0.369 e. The molecule has 3 fully saturated rings. The van der Waals surface area contributed by atoms with Gasteiger partial charge in [0.25, 0.3) is 11.1 Å². The van der Waals surface area contributed by atoms with Gasteiger partial charge in [-0.25, -0.2) is 19.1 Å². The highest BCUT2D eigenvalue weighted by molar-refractivity contribution is 8.44. The van der Waals surface area contributed by atoms with Gasteiger partial charge in [-0.2, -0.15) is 4.98 Å². The molecular formula is C21H24N8O11P2S. The second-order valence-electron chi connectivity index (χ2n) is 10.0. The molecule has 230 valence electrons. The molecule has 22 heteroatoms. The molecule has 0 aromatic carbocycles. The van der Waals surface area contributed by atoms with Crippen molar-refractivity contribution in [3.05, 3.63) is 45.6 Å². The van der Waals surface area contributed by atoms with Crippen LogP contribution in [0.3, 0.4) is 0 Å². The maximum atomic E-state index is 13.4. The van der Waals surface area contributed by atoms with Crippen molar-refractivity contribution in [1.82, 2.24) is 34.1 Å². The lowest BCUT2D eigenvalue weighted by Gasteiger charge is -2.25. The summed E-state index contributed by atoms with van der Waals surface area (Å²) in [6, 6.07) is 1.56. The van der Waals surface area contributed by atoms with Crippen molar-refractivity contribution in [2.45, 2.75) is 49.7 Å². The van der Waals surface area contributed by atoms with E-state index in [9.17, 15) is 23.6 Å². The van der Waals surface area contributed by atoms with Crippen molar-refractivity contribution < 1.29 is 41.6 Å². The monoisotopic (exact) mass is 658 g/mol. The summed E-state index contributed by atoms with van der Waals surface area (Å²) in [6.07, 6.45) is -1.67. The number of ether oxygens (including phenoxy) is 2. The number of nitrogens with one attached hydrogen (secondary N) is 2. The van der Waals surface area contributed by atoms with Crippen LogP contribution >= 0.6 is 26.9 Å². The van der Waals surface area contributed by atoms with Crippen molar-refractivity contribution in [2.75, 3.05) is 18.9 Å². The molecule has 0 radical (unpaired) electrons. The molecule has 0 spiro atoms. The molecule has 0 amide bonds. The van der Waals surface area contributed by atoms with E-state index in [1.165, 1.54) is 17.2 Å². The number of hydrogen-bond acceptors (Lipinski definition) is 14. The van der Waals surface area contributed by atoms with Crippen molar-refractivity contribution in [1.29, 1.82) is 0 Å². The number of hydrogen-bond donors (Lipinski definition) is 5. The first kappa shape index (κ1) is 28.8. The number of nitrogens with zero attached hydrogens (tertiary/aromatic N) is 5. The smallest absolute Gasteiger partial charge is 0.369 e. The van der Waals surface area contributed by atoms with Crippen LogP contribution in [0.15, 0.2) is 34.5 Å². The molecule has 3 saturated heterocycles. The van der Waals surface area contributed by atoms with Gasteiger partial charge in [0.2, 0.25) is 5.95 Å². The van der Waals surface area contributed by atoms with E-state index in [-0.39, 0.29) is 35.5 Å². The molecule has 2 bridgehead atoms. The zero-order valence-electron chi connectivity index (χ0n) is 21.8. The summed E-state index contributed by atoms with van der Waals surface area (Å²) in [5.74, 6) is -0.168. The first-order valence-electron chi connectivity index (χ1n) is 12.9. The second kappa shape index (κ2) is 10.6. The first-order valence-corrected chi connectivity index (χ1v) is 17.0. The van der Waals surface area contributed by atoms with E-state index in [2.05, 4.69) is 37.2 Å². The molecule has 7 heterocycles. The van der Waals surface area contributed by atoms with Crippen molar-refractivity contribution in [3.63, 3.8) is 0 Å². The Balaban J connectivity index is 1.17. The Labute approximate surface area is 244 Å². The number of anilines is 1. The normalized spacial score (nSPS) is 35.4. The van der Waals surface area contributed by atoms with Crippen LogP contribution in [-0.4, -0.2) is 76.6 Å². The summed E-state index contributed by atoms with van der Waals surface area (Å²) in [7, 11) is -4.70.